The number of alkyl halides is 3. The molecule has 1 aliphatic heterocycles. The Kier molecular flexibility index (Phi) is 5.98. The smallest absolute Gasteiger partial charge is 0.326 e. The van der Waals surface area contributed by atoms with Crippen LogP contribution in [0.5, 0.6) is 0 Å². The molecular formula is C25H22F3N3O5. The molecule has 2 aliphatic rings. The molecule has 1 N–H and O–H groups in total. The predicted octanol–water partition coefficient (Wildman–Crippen LogP) is 4.31. The first-order valence-electron chi connectivity index (χ1n) is 11.0. The number of rotatable bonds is 5. The number of benzene rings is 2. The zero-order valence-electron chi connectivity index (χ0n) is 19.4. The molecule has 0 fully saturated rings. The number of non-ortho nitro benzene ring substituents is 1. The molecule has 0 saturated heterocycles. The number of nitro groups is 1. The van der Waals surface area contributed by atoms with Crippen LogP contribution in [0.25, 0.3) is 0 Å². The van der Waals surface area contributed by atoms with Crippen LogP contribution < -0.4 is 5.32 Å². The van der Waals surface area contributed by atoms with Gasteiger partial charge in [0.25, 0.3) is 17.5 Å². The number of nitro benzene ring substituents is 1. The van der Waals surface area contributed by atoms with E-state index in [0.29, 0.717) is 5.56 Å². The number of carbonyl (C=O) groups is 3. The number of nitrogens with one attached hydrogen (secondary N) is 1. The molecule has 1 atom stereocenters. The fraction of sp³-hybridized carbons (Fsp3) is 0.320. The number of Topliss-reactive ketones (excluding diaryl/α,β-unsaturated/α-hetero) is 1. The van der Waals surface area contributed by atoms with Gasteiger partial charge in [0.05, 0.1) is 17.0 Å². The topological polar surface area (TPSA) is 110 Å². The van der Waals surface area contributed by atoms with Crippen LogP contribution in [0.2, 0.25) is 0 Å². The number of carbonyl (C=O) groups excluding carboxylic acids is 3. The van der Waals surface area contributed by atoms with Crippen molar-refractivity contribution in [2.45, 2.75) is 44.9 Å². The summed E-state index contributed by atoms with van der Waals surface area (Å²) in [5, 5.41) is 12.9. The quantitative estimate of drug-likeness (QED) is 0.485. The van der Waals surface area contributed by atoms with Gasteiger partial charge in [-0.3, -0.25) is 24.5 Å². The Bertz CT molecular complexity index is 1300. The van der Waals surface area contributed by atoms with Crippen molar-refractivity contribution in [1.82, 2.24) is 10.2 Å². The van der Waals surface area contributed by atoms with Crippen LogP contribution >= 0.6 is 0 Å². The highest BCUT2D eigenvalue weighted by atomic mass is 19.4. The Hall–Kier alpha value is -4.02. The van der Waals surface area contributed by atoms with Crippen LogP contribution in [0.3, 0.4) is 0 Å². The molecule has 0 aromatic heterocycles. The third-order valence-electron chi connectivity index (χ3n) is 6.35. The Balaban J connectivity index is 1.86. The third kappa shape index (κ3) is 4.14. The highest BCUT2D eigenvalue weighted by Crippen LogP contribution is 2.52. The number of hydrogen-bond donors (Lipinski definition) is 1. The van der Waals surface area contributed by atoms with Gasteiger partial charge in [0.1, 0.15) is 0 Å². The lowest BCUT2D eigenvalue weighted by molar-refractivity contribution is -0.384. The SMILES string of the molecule is CC1(C)CC(=O)C2=C(C1)N(Cc1ccccc1)C(=O)[C@@]2(NC(=O)c1cccc([N+](=O)[O-])c1)C(F)(F)F. The lowest BCUT2D eigenvalue weighted by Gasteiger charge is -2.35. The van der Waals surface area contributed by atoms with Crippen molar-refractivity contribution in [3.05, 3.63) is 87.1 Å². The minimum Gasteiger partial charge on any atom is -0.326 e. The number of halogens is 3. The first-order valence-corrected chi connectivity index (χ1v) is 11.0. The van der Waals surface area contributed by atoms with Gasteiger partial charge in [-0.15, -0.1) is 0 Å². The van der Waals surface area contributed by atoms with Crippen molar-refractivity contribution in [2.24, 2.45) is 5.41 Å². The molecular weight excluding hydrogens is 479 g/mol. The summed E-state index contributed by atoms with van der Waals surface area (Å²) in [4.78, 5) is 51.0. The zero-order chi connectivity index (χ0) is 26.5. The van der Waals surface area contributed by atoms with Gasteiger partial charge in [0.2, 0.25) is 5.54 Å². The third-order valence-corrected chi connectivity index (χ3v) is 6.35. The largest absolute Gasteiger partial charge is 0.425 e. The second-order valence-electron chi connectivity index (χ2n) is 9.65. The van der Waals surface area contributed by atoms with E-state index in [1.165, 1.54) is 0 Å². The van der Waals surface area contributed by atoms with Crippen LogP contribution in [-0.4, -0.2) is 39.1 Å². The van der Waals surface area contributed by atoms with Crippen molar-refractivity contribution in [2.75, 3.05) is 0 Å². The van der Waals surface area contributed by atoms with Crippen molar-refractivity contribution in [1.29, 1.82) is 0 Å². The van der Waals surface area contributed by atoms with E-state index in [-0.39, 0.29) is 25.1 Å². The van der Waals surface area contributed by atoms with Gasteiger partial charge in [-0.05, 0) is 23.5 Å². The lowest BCUT2D eigenvalue weighted by Crippen LogP contribution is -2.66. The average Bonchev–Trinajstić information content (AvgIpc) is 3.02. The second-order valence-corrected chi connectivity index (χ2v) is 9.65. The van der Waals surface area contributed by atoms with Crippen LogP contribution in [0, 0.1) is 15.5 Å². The molecule has 0 spiro atoms. The van der Waals surface area contributed by atoms with E-state index in [1.807, 2.05) is 0 Å². The number of allylic oxidation sites excluding steroid dienone is 1. The molecule has 0 bridgehead atoms. The van der Waals surface area contributed by atoms with Crippen LogP contribution in [0.1, 0.15) is 42.6 Å². The van der Waals surface area contributed by atoms with E-state index >= 15 is 0 Å². The van der Waals surface area contributed by atoms with Crippen molar-refractivity contribution >= 4 is 23.3 Å². The zero-order valence-corrected chi connectivity index (χ0v) is 19.4. The minimum atomic E-state index is -5.37. The fourth-order valence-corrected chi connectivity index (χ4v) is 4.76. The summed E-state index contributed by atoms with van der Waals surface area (Å²) in [5.41, 5.74) is -5.63. The van der Waals surface area contributed by atoms with Gasteiger partial charge in [0.15, 0.2) is 5.78 Å². The summed E-state index contributed by atoms with van der Waals surface area (Å²) >= 11 is 0. The molecule has 0 unspecified atom stereocenters. The molecule has 36 heavy (non-hydrogen) atoms. The first kappa shape index (κ1) is 25.1. The summed E-state index contributed by atoms with van der Waals surface area (Å²) in [6.07, 6.45) is -5.61. The Labute approximate surface area is 203 Å². The molecule has 2 aromatic carbocycles. The van der Waals surface area contributed by atoms with E-state index in [9.17, 15) is 37.7 Å². The summed E-state index contributed by atoms with van der Waals surface area (Å²) in [5.74, 6) is -3.74. The summed E-state index contributed by atoms with van der Waals surface area (Å²) < 4.78 is 44.5. The highest BCUT2D eigenvalue weighted by Gasteiger charge is 2.71. The van der Waals surface area contributed by atoms with Gasteiger partial charge in [-0.25, -0.2) is 0 Å². The highest BCUT2D eigenvalue weighted by molar-refractivity contribution is 6.14. The van der Waals surface area contributed by atoms with E-state index in [0.717, 1.165) is 29.2 Å². The average molecular weight is 501 g/mol. The molecule has 1 aliphatic carbocycles. The standard InChI is InChI=1S/C25H22F3N3O5/c1-23(2)12-18-20(19(32)13-23)24(25(26,27)28,22(34)30(18)14-15-7-4-3-5-8-15)29-21(33)16-9-6-10-17(11-16)31(35)36/h3-11H,12-14H2,1-2H3,(H,29,33)/t24-/m1/s1. The van der Waals surface area contributed by atoms with Gasteiger partial charge in [0, 0.05) is 29.8 Å². The normalized spacial score (nSPS) is 21.4. The Morgan fingerprint density at radius 1 is 1.08 bits per heavy atom. The molecule has 2 amide bonds. The maximum absolute atomic E-state index is 14.8. The summed E-state index contributed by atoms with van der Waals surface area (Å²) in [6.45, 7) is 3.20. The molecule has 4 rings (SSSR count). The molecule has 11 heteroatoms. The van der Waals surface area contributed by atoms with Crippen molar-refractivity contribution in [3.8, 4) is 0 Å². The van der Waals surface area contributed by atoms with Crippen molar-refractivity contribution < 1.29 is 32.5 Å². The molecule has 188 valence electrons. The number of ketones is 1. The van der Waals surface area contributed by atoms with E-state index < -0.39 is 56.5 Å². The number of nitrogens with zero attached hydrogens (tertiary/aromatic N) is 2. The maximum atomic E-state index is 14.8. The van der Waals surface area contributed by atoms with E-state index in [1.54, 1.807) is 49.5 Å². The minimum absolute atomic E-state index is 0.0111. The second kappa shape index (κ2) is 8.58. The Morgan fingerprint density at radius 2 is 1.75 bits per heavy atom. The summed E-state index contributed by atoms with van der Waals surface area (Å²) in [7, 11) is 0. The van der Waals surface area contributed by atoms with Gasteiger partial charge in [-0.1, -0.05) is 50.2 Å². The van der Waals surface area contributed by atoms with Crippen LogP contribution in [0.15, 0.2) is 65.9 Å². The van der Waals surface area contributed by atoms with Crippen molar-refractivity contribution in [3.63, 3.8) is 0 Å². The molecule has 0 saturated carbocycles. The van der Waals surface area contributed by atoms with E-state index in [2.05, 4.69) is 0 Å². The number of amides is 2. The summed E-state index contributed by atoms with van der Waals surface area (Å²) in [6, 6.07) is 12.4. The van der Waals surface area contributed by atoms with Gasteiger partial charge >= 0.3 is 6.18 Å². The van der Waals surface area contributed by atoms with Gasteiger partial charge < -0.3 is 10.2 Å². The predicted molar refractivity (Wildman–Crippen MR) is 121 cm³/mol. The van der Waals surface area contributed by atoms with Crippen LogP contribution in [0.4, 0.5) is 18.9 Å². The molecule has 8 nitrogen and oxygen atoms in total. The first-order chi connectivity index (χ1) is 16.8. The monoisotopic (exact) mass is 501 g/mol. The van der Waals surface area contributed by atoms with Gasteiger partial charge in [-0.2, -0.15) is 13.2 Å². The number of hydrogen-bond acceptors (Lipinski definition) is 5. The van der Waals surface area contributed by atoms with E-state index in [4.69, 9.17) is 0 Å². The maximum Gasteiger partial charge on any atom is 0.425 e. The Morgan fingerprint density at radius 3 is 2.36 bits per heavy atom. The lowest BCUT2D eigenvalue weighted by atomic mass is 9.72. The molecule has 1 heterocycles. The fourth-order valence-electron chi connectivity index (χ4n) is 4.76. The molecule has 0 radical (unpaired) electrons. The molecule has 2 aromatic rings. The van der Waals surface area contributed by atoms with Crippen LogP contribution in [-0.2, 0) is 16.1 Å².